The number of benzene rings is 2. The third-order valence-electron chi connectivity index (χ3n) is 6.80. The summed E-state index contributed by atoms with van der Waals surface area (Å²) in [6.07, 6.45) is -1.84. The van der Waals surface area contributed by atoms with Gasteiger partial charge in [0.25, 0.3) is 0 Å². The lowest BCUT2D eigenvalue weighted by Gasteiger charge is -2.34. The molecule has 4 nitrogen and oxygen atoms in total. The minimum Gasteiger partial charge on any atom is -0.490 e. The molecule has 2 aliphatic heterocycles. The molecule has 35 heavy (non-hydrogen) atoms. The summed E-state index contributed by atoms with van der Waals surface area (Å²) in [4.78, 5) is 2.42. The van der Waals surface area contributed by atoms with Gasteiger partial charge in [0.1, 0.15) is 17.6 Å². The second-order valence-corrected chi connectivity index (χ2v) is 9.18. The van der Waals surface area contributed by atoms with Gasteiger partial charge in [0, 0.05) is 37.5 Å². The molecule has 2 aromatic carbocycles. The predicted octanol–water partition coefficient (Wildman–Crippen LogP) is 7.53. The van der Waals surface area contributed by atoms with Crippen LogP contribution in [0.25, 0.3) is 0 Å². The molecule has 192 valence electrons. The number of nitrogens with zero attached hydrogens (tertiary/aromatic N) is 3. The second-order valence-electron chi connectivity index (χ2n) is 9.18. The van der Waals surface area contributed by atoms with Crippen molar-refractivity contribution in [3.05, 3.63) is 53.6 Å². The van der Waals surface area contributed by atoms with Gasteiger partial charge in [-0.3, -0.25) is 5.01 Å². The predicted molar refractivity (Wildman–Crippen MR) is 139 cm³/mol. The fourth-order valence-corrected chi connectivity index (χ4v) is 4.91. The van der Waals surface area contributed by atoms with Crippen LogP contribution in [0.15, 0.2) is 47.6 Å². The number of hydrazone groups is 1. The molecule has 2 aromatic rings. The van der Waals surface area contributed by atoms with Crippen LogP contribution in [0.2, 0.25) is 0 Å². The highest BCUT2D eigenvalue weighted by molar-refractivity contribution is 5.95. The van der Waals surface area contributed by atoms with E-state index in [9.17, 15) is 13.2 Å². The largest absolute Gasteiger partial charge is 0.490 e. The average Bonchev–Trinajstić information content (AvgIpc) is 3.19. The summed E-state index contributed by atoms with van der Waals surface area (Å²) in [5.41, 5.74) is 3.80. The van der Waals surface area contributed by atoms with Crippen LogP contribution in [-0.4, -0.2) is 37.1 Å². The number of ether oxygens (including phenoxy) is 1. The van der Waals surface area contributed by atoms with Gasteiger partial charge in [0.15, 0.2) is 0 Å². The van der Waals surface area contributed by atoms with Crippen LogP contribution in [0.5, 0.6) is 5.75 Å². The number of halogens is 3. The highest BCUT2D eigenvalue weighted by Gasteiger charge is 2.47. The topological polar surface area (TPSA) is 28.1 Å². The molecule has 1 saturated heterocycles. The molecule has 1 fully saturated rings. The Morgan fingerprint density at radius 3 is 2.20 bits per heavy atom. The third-order valence-corrected chi connectivity index (χ3v) is 6.80. The van der Waals surface area contributed by atoms with Crippen molar-refractivity contribution in [2.24, 2.45) is 11.0 Å². The Balaban J connectivity index is 0.00000167. The summed E-state index contributed by atoms with van der Waals surface area (Å²) in [6.45, 7) is 13.6. The minimum atomic E-state index is -4.41. The highest BCUT2D eigenvalue weighted by atomic mass is 19.4. The van der Waals surface area contributed by atoms with Gasteiger partial charge in [-0.25, -0.2) is 0 Å². The fourth-order valence-electron chi connectivity index (χ4n) is 4.91. The van der Waals surface area contributed by atoms with Crippen molar-refractivity contribution in [2.45, 2.75) is 79.1 Å². The van der Waals surface area contributed by atoms with Gasteiger partial charge in [-0.15, -0.1) is 0 Å². The zero-order valence-corrected chi connectivity index (χ0v) is 21.7. The van der Waals surface area contributed by atoms with E-state index in [1.807, 2.05) is 32.9 Å². The Kier molecular flexibility index (Phi) is 8.73. The SMILES string of the molecule is CC.CC[C@H]1C(C)C(C(F)(F)F)=NN1c1ccc(OC2CCN(c3cc(C)ccc3C)CC2)cc1. The van der Waals surface area contributed by atoms with E-state index in [4.69, 9.17) is 4.74 Å². The number of anilines is 2. The summed E-state index contributed by atoms with van der Waals surface area (Å²) in [6, 6.07) is 13.5. The quantitative estimate of drug-likeness (QED) is 0.434. The maximum atomic E-state index is 13.3. The Morgan fingerprint density at radius 2 is 1.63 bits per heavy atom. The standard InChI is InChI=1S/C26H32F3N3O.C2H6/c1-5-23-19(4)25(26(27,28)29)30-32(23)20-8-10-21(11-9-20)33-22-12-14-31(15-13-22)24-16-17(2)6-7-18(24)3;1-2/h6-11,16,19,22-23H,5,12-15H2,1-4H3;1-2H3/t19?,23-;/m0./s1. The first-order valence-electron chi connectivity index (χ1n) is 12.7. The molecule has 0 bridgehead atoms. The fraction of sp³-hybridized carbons (Fsp3) is 0.536. The molecule has 2 aliphatic rings. The number of rotatable bonds is 5. The first kappa shape index (κ1) is 26.9. The molecule has 4 rings (SSSR count). The van der Waals surface area contributed by atoms with Crippen LogP contribution < -0.4 is 14.6 Å². The molecule has 0 saturated carbocycles. The zero-order valence-electron chi connectivity index (χ0n) is 21.7. The molecular weight excluding hydrogens is 451 g/mol. The van der Waals surface area contributed by atoms with Gasteiger partial charge in [-0.1, -0.05) is 39.8 Å². The summed E-state index contributed by atoms with van der Waals surface area (Å²) in [5.74, 6) is 0.0809. The second kappa shape index (κ2) is 11.4. The summed E-state index contributed by atoms with van der Waals surface area (Å²) in [7, 11) is 0. The lowest BCUT2D eigenvalue weighted by molar-refractivity contribution is -0.0620. The lowest BCUT2D eigenvalue weighted by atomic mass is 9.95. The monoisotopic (exact) mass is 489 g/mol. The van der Waals surface area contributed by atoms with Gasteiger partial charge in [0.05, 0.1) is 11.7 Å². The molecule has 0 radical (unpaired) electrons. The van der Waals surface area contributed by atoms with Crippen molar-refractivity contribution < 1.29 is 17.9 Å². The van der Waals surface area contributed by atoms with E-state index in [0.29, 0.717) is 12.1 Å². The van der Waals surface area contributed by atoms with Crippen LogP contribution in [0.1, 0.15) is 58.1 Å². The maximum Gasteiger partial charge on any atom is 0.431 e. The van der Waals surface area contributed by atoms with Crippen molar-refractivity contribution in [1.82, 2.24) is 0 Å². The van der Waals surface area contributed by atoms with Crippen molar-refractivity contribution >= 4 is 17.1 Å². The highest BCUT2D eigenvalue weighted by Crippen LogP contribution is 2.37. The van der Waals surface area contributed by atoms with Crippen molar-refractivity contribution in [3.8, 4) is 5.75 Å². The van der Waals surface area contributed by atoms with Gasteiger partial charge in [0.2, 0.25) is 0 Å². The first-order valence-corrected chi connectivity index (χ1v) is 12.7. The minimum absolute atomic E-state index is 0.127. The van der Waals surface area contributed by atoms with E-state index in [2.05, 4.69) is 42.0 Å². The maximum absolute atomic E-state index is 13.3. The molecule has 0 amide bonds. The number of aryl methyl sites for hydroxylation is 2. The lowest BCUT2D eigenvalue weighted by Crippen LogP contribution is -2.38. The third kappa shape index (κ3) is 6.11. The van der Waals surface area contributed by atoms with Crippen molar-refractivity contribution in [2.75, 3.05) is 23.0 Å². The molecule has 2 atom stereocenters. The Morgan fingerprint density at radius 1 is 1.00 bits per heavy atom. The normalized spacial score (nSPS) is 20.9. The number of piperidine rings is 1. The van der Waals surface area contributed by atoms with E-state index in [1.165, 1.54) is 21.8 Å². The van der Waals surface area contributed by atoms with E-state index in [-0.39, 0.29) is 12.1 Å². The molecule has 2 heterocycles. The smallest absolute Gasteiger partial charge is 0.431 e. The van der Waals surface area contributed by atoms with Crippen LogP contribution in [0, 0.1) is 19.8 Å². The van der Waals surface area contributed by atoms with Gasteiger partial charge >= 0.3 is 6.18 Å². The first-order chi connectivity index (χ1) is 16.7. The Bertz CT molecular complexity index is 995. The molecule has 0 aromatic heterocycles. The van der Waals surface area contributed by atoms with Crippen LogP contribution >= 0.6 is 0 Å². The van der Waals surface area contributed by atoms with Crippen LogP contribution in [-0.2, 0) is 0 Å². The van der Waals surface area contributed by atoms with Crippen LogP contribution in [0.4, 0.5) is 24.5 Å². The number of hydrogen-bond donors (Lipinski definition) is 0. The molecule has 1 unspecified atom stereocenters. The molecule has 0 aliphatic carbocycles. The van der Waals surface area contributed by atoms with E-state index in [1.54, 1.807) is 19.1 Å². The molecule has 0 spiro atoms. The van der Waals surface area contributed by atoms with Gasteiger partial charge in [-0.05, 0) is 61.7 Å². The molecule has 0 N–H and O–H groups in total. The van der Waals surface area contributed by atoms with Crippen molar-refractivity contribution in [3.63, 3.8) is 0 Å². The van der Waals surface area contributed by atoms with Crippen LogP contribution in [0.3, 0.4) is 0 Å². The summed E-state index contributed by atoms with van der Waals surface area (Å²) >= 11 is 0. The van der Waals surface area contributed by atoms with Gasteiger partial charge < -0.3 is 9.64 Å². The molecule has 7 heteroatoms. The Labute approximate surface area is 207 Å². The Hall–Kier alpha value is -2.70. The average molecular weight is 490 g/mol. The number of hydrogen-bond acceptors (Lipinski definition) is 4. The van der Waals surface area contributed by atoms with E-state index < -0.39 is 17.8 Å². The number of alkyl halides is 3. The summed E-state index contributed by atoms with van der Waals surface area (Å²) < 4.78 is 46.2. The van der Waals surface area contributed by atoms with Crippen molar-refractivity contribution in [1.29, 1.82) is 0 Å². The van der Waals surface area contributed by atoms with E-state index in [0.717, 1.165) is 31.7 Å². The zero-order chi connectivity index (χ0) is 25.8. The van der Waals surface area contributed by atoms with Gasteiger partial charge in [-0.2, -0.15) is 18.3 Å². The van der Waals surface area contributed by atoms with E-state index >= 15 is 0 Å². The summed E-state index contributed by atoms with van der Waals surface area (Å²) in [5, 5.41) is 5.45. The molecular formula is C28H38F3N3O.